The molecule has 0 bridgehead atoms. The van der Waals surface area contributed by atoms with Gasteiger partial charge in [-0.2, -0.15) is 0 Å². The minimum atomic E-state index is -0.557. The Morgan fingerprint density at radius 2 is 2.14 bits per heavy atom. The van der Waals surface area contributed by atoms with Gasteiger partial charge in [0.1, 0.15) is 0 Å². The first-order valence-corrected chi connectivity index (χ1v) is 6.58. The number of anilines is 1. The maximum atomic E-state index is 12.1. The number of carbonyl (C=O) groups is 1. The summed E-state index contributed by atoms with van der Waals surface area (Å²) in [7, 11) is 1.62. The average Bonchev–Trinajstić information content (AvgIpc) is 2.43. The summed E-state index contributed by atoms with van der Waals surface area (Å²) in [6, 6.07) is 3.82. The maximum absolute atomic E-state index is 12.1. The Kier molecular flexibility index (Phi) is 5.66. The third-order valence-corrected chi connectivity index (χ3v) is 3.20. The van der Waals surface area contributed by atoms with Gasteiger partial charge in [-0.15, -0.1) is 0 Å². The molecule has 0 aliphatic carbocycles. The molecule has 1 amide bonds. The van der Waals surface area contributed by atoms with Crippen LogP contribution in [0.1, 0.15) is 30.6 Å². The van der Waals surface area contributed by atoms with E-state index in [1.54, 1.807) is 7.11 Å². The van der Waals surface area contributed by atoms with Gasteiger partial charge >= 0.3 is 0 Å². The summed E-state index contributed by atoms with van der Waals surface area (Å²) in [6.07, 6.45) is 0.786. The number of nitrogen functional groups attached to an aromatic ring is 1. The molecule has 116 valence electrons. The van der Waals surface area contributed by atoms with Crippen LogP contribution in [0.3, 0.4) is 0 Å². The van der Waals surface area contributed by atoms with Crippen molar-refractivity contribution in [2.75, 3.05) is 26.0 Å². The number of ether oxygens (including phenoxy) is 1. The molecule has 0 aliphatic heterocycles. The number of carbonyl (C=O) groups excluding carboxylic acids is 1. The first-order valence-electron chi connectivity index (χ1n) is 6.58. The topological polar surface area (TPSA) is 107 Å². The predicted octanol–water partition coefficient (Wildman–Crippen LogP) is 1.97. The number of non-ortho nitro benzene ring substituents is 1. The summed E-state index contributed by atoms with van der Waals surface area (Å²) in [6.45, 7) is 5.03. The summed E-state index contributed by atoms with van der Waals surface area (Å²) in [5.74, 6) is -0.415. The van der Waals surface area contributed by atoms with Crippen LogP contribution in [0.15, 0.2) is 18.2 Å². The Morgan fingerprint density at radius 3 is 2.71 bits per heavy atom. The Hall–Kier alpha value is -2.15. The highest BCUT2D eigenvalue weighted by atomic mass is 16.6. The SMILES string of the molecule is COCCC(C)(C)CNC(=O)c1cc([N+](=O)[O-])ccc1N. The number of nitrogens with two attached hydrogens (primary N) is 1. The van der Waals surface area contributed by atoms with E-state index in [1.807, 2.05) is 13.8 Å². The molecule has 1 aromatic rings. The van der Waals surface area contributed by atoms with Gasteiger partial charge in [-0.3, -0.25) is 14.9 Å². The third kappa shape index (κ3) is 5.03. The fourth-order valence-electron chi connectivity index (χ4n) is 1.74. The molecule has 0 saturated heterocycles. The normalized spacial score (nSPS) is 11.2. The molecule has 0 fully saturated rings. The number of benzene rings is 1. The van der Waals surface area contributed by atoms with Gasteiger partial charge in [0.2, 0.25) is 0 Å². The average molecular weight is 295 g/mol. The number of nitrogens with zero attached hydrogens (tertiary/aromatic N) is 1. The second-order valence-electron chi connectivity index (χ2n) is 5.62. The summed E-state index contributed by atoms with van der Waals surface area (Å²) in [4.78, 5) is 22.3. The van der Waals surface area contributed by atoms with E-state index in [0.717, 1.165) is 6.42 Å². The highest BCUT2D eigenvalue weighted by Crippen LogP contribution is 2.21. The molecule has 1 aromatic carbocycles. The molecule has 0 aliphatic rings. The van der Waals surface area contributed by atoms with E-state index in [0.29, 0.717) is 13.2 Å². The minimum Gasteiger partial charge on any atom is -0.398 e. The zero-order valence-corrected chi connectivity index (χ0v) is 12.5. The number of methoxy groups -OCH3 is 1. The first-order chi connectivity index (χ1) is 9.76. The van der Waals surface area contributed by atoms with Gasteiger partial charge in [-0.05, 0) is 17.9 Å². The Bertz CT molecular complexity index is 529. The van der Waals surface area contributed by atoms with Crippen molar-refractivity contribution < 1.29 is 14.5 Å². The number of nitrogens with one attached hydrogen (secondary N) is 1. The van der Waals surface area contributed by atoms with Crippen molar-refractivity contribution in [3.63, 3.8) is 0 Å². The van der Waals surface area contributed by atoms with Crippen LogP contribution in [0.4, 0.5) is 11.4 Å². The van der Waals surface area contributed by atoms with Crippen molar-refractivity contribution in [1.82, 2.24) is 5.32 Å². The molecule has 0 heterocycles. The fraction of sp³-hybridized carbons (Fsp3) is 0.500. The lowest BCUT2D eigenvalue weighted by atomic mass is 9.89. The zero-order valence-electron chi connectivity index (χ0n) is 12.5. The Labute approximate surface area is 123 Å². The Balaban J connectivity index is 2.76. The molecule has 0 spiro atoms. The first kappa shape index (κ1) is 16.9. The van der Waals surface area contributed by atoms with Crippen LogP contribution in [0, 0.1) is 15.5 Å². The van der Waals surface area contributed by atoms with E-state index in [9.17, 15) is 14.9 Å². The lowest BCUT2D eigenvalue weighted by molar-refractivity contribution is -0.384. The third-order valence-electron chi connectivity index (χ3n) is 3.20. The molecule has 0 unspecified atom stereocenters. The van der Waals surface area contributed by atoms with E-state index < -0.39 is 10.8 Å². The number of hydrogen-bond donors (Lipinski definition) is 2. The highest BCUT2D eigenvalue weighted by molar-refractivity contribution is 5.99. The van der Waals surface area contributed by atoms with Gasteiger partial charge < -0.3 is 15.8 Å². The van der Waals surface area contributed by atoms with Crippen LogP contribution in [-0.4, -0.2) is 31.1 Å². The van der Waals surface area contributed by atoms with Crippen molar-refractivity contribution >= 4 is 17.3 Å². The van der Waals surface area contributed by atoms with Gasteiger partial charge in [0, 0.05) is 38.1 Å². The Morgan fingerprint density at radius 1 is 1.48 bits per heavy atom. The molecule has 0 aromatic heterocycles. The largest absolute Gasteiger partial charge is 0.398 e. The van der Waals surface area contributed by atoms with Crippen molar-refractivity contribution in [2.45, 2.75) is 20.3 Å². The molecule has 0 atom stereocenters. The van der Waals surface area contributed by atoms with Gasteiger partial charge in [0.25, 0.3) is 11.6 Å². The van der Waals surface area contributed by atoms with Gasteiger partial charge in [-0.25, -0.2) is 0 Å². The van der Waals surface area contributed by atoms with Crippen LogP contribution in [0.25, 0.3) is 0 Å². The smallest absolute Gasteiger partial charge is 0.270 e. The summed E-state index contributed by atoms with van der Waals surface area (Å²) >= 11 is 0. The van der Waals surface area contributed by atoms with E-state index in [4.69, 9.17) is 10.5 Å². The molecule has 0 saturated carbocycles. The van der Waals surface area contributed by atoms with Crippen LogP contribution >= 0.6 is 0 Å². The maximum Gasteiger partial charge on any atom is 0.270 e. The fourth-order valence-corrected chi connectivity index (χ4v) is 1.74. The van der Waals surface area contributed by atoms with E-state index >= 15 is 0 Å². The van der Waals surface area contributed by atoms with Crippen molar-refractivity contribution in [1.29, 1.82) is 0 Å². The molecule has 3 N–H and O–H groups in total. The minimum absolute atomic E-state index is 0.117. The number of amides is 1. The number of rotatable bonds is 7. The van der Waals surface area contributed by atoms with Crippen LogP contribution < -0.4 is 11.1 Å². The second-order valence-corrected chi connectivity index (χ2v) is 5.62. The molecule has 1 rings (SSSR count). The summed E-state index contributed by atoms with van der Waals surface area (Å²) in [5, 5.41) is 13.5. The second kappa shape index (κ2) is 7.03. The molecular formula is C14H21N3O4. The van der Waals surface area contributed by atoms with Crippen LogP contribution in [0.2, 0.25) is 0 Å². The van der Waals surface area contributed by atoms with Crippen molar-refractivity contribution in [2.24, 2.45) is 5.41 Å². The summed E-state index contributed by atoms with van der Waals surface area (Å²) in [5.41, 5.74) is 5.74. The van der Waals surface area contributed by atoms with Gasteiger partial charge in [-0.1, -0.05) is 13.8 Å². The number of hydrogen-bond acceptors (Lipinski definition) is 5. The quantitative estimate of drug-likeness (QED) is 0.454. The zero-order chi connectivity index (χ0) is 16.0. The van der Waals surface area contributed by atoms with Crippen molar-refractivity contribution in [3.8, 4) is 0 Å². The van der Waals surface area contributed by atoms with E-state index in [-0.39, 0.29) is 22.4 Å². The lowest BCUT2D eigenvalue weighted by Crippen LogP contribution is -2.35. The monoisotopic (exact) mass is 295 g/mol. The molecule has 21 heavy (non-hydrogen) atoms. The molecular weight excluding hydrogens is 274 g/mol. The van der Waals surface area contributed by atoms with Crippen LogP contribution in [0.5, 0.6) is 0 Å². The van der Waals surface area contributed by atoms with Gasteiger partial charge in [0.15, 0.2) is 0 Å². The highest BCUT2D eigenvalue weighted by Gasteiger charge is 2.21. The van der Waals surface area contributed by atoms with Gasteiger partial charge in [0.05, 0.1) is 10.5 Å². The summed E-state index contributed by atoms with van der Waals surface area (Å²) < 4.78 is 5.02. The molecule has 7 heteroatoms. The van der Waals surface area contributed by atoms with E-state index in [2.05, 4.69) is 5.32 Å². The number of nitro benzene ring substituents is 1. The van der Waals surface area contributed by atoms with Crippen molar-refractivity contribution in [3.05, 3.63) is 33.9 Å². The molecule has 0 radical (unpaired) electrons. The lowest BCUT2D eigenvalue weighted by Gasteiger charge is -2.24. The number of nitro groups is 1. The van der Waals surface area contributed by atoms with E-state index in [1.165, 1.54) is 18.2 Å². The molecule has 7 nitrogen and oxygen atoms in total. The van der Waals surface area contributed by atoms with Crippen LogP contribution in [-0.2, 0) is 4.74 Å². The predicted molar refractivity (Wildman–Crippen MR) is 80.1 cm³/mol. The standard InChI is InChI=1S/C14H21N3O4/c1-14(2,6-7-21-3)9-16-13(18)11-8-10(17(19)20)4-5-12(11)15/h4-5,8H,6-7,9,15H2,1-3H3,(H,16,18).